The van der Waals surface area contributed by atoms with Crippen LogP contribution in [0.3, 0.4) is 0 Å². The molecule has 1 aliphatic rings. The van der Waals surface area contributed by atoms with E-state index in [2.05, 4.69) is 67.7 Å². The smallest absolute Gasteiger partial charge is 0.0381 e. The van der Waals surface area contributed by atoms with Crippen molar-refractivity contribution in [2.45, 2.75) is 33.1 Å². The molecule has 2 unspecified atom stereocenters. The zero-order chi connectivity index (χ0) is 12.8. The molecule has 0 saturated carbocycles. The Morgan fingerprint density at radius 2 is 2.06 bits per heavy atom. The van der Waals surface area contributed by atoms with Crippen LogP contribution in [0.1, 0.15) is 33.1 Å². The Bertz CT molecular complexity index is 416. The van der Waals surface area contributed by atoms with Crippen molar-refractivity contribution in [1.82, 2.24) is 0 Å². The molecule has 1 heteroatoms. The van der Waals surface area contributed by atoms with Crippen LogP contribution in [0.4, 0.5) is 5.69 Å². The molecule has 0 bridgehead atoms. The van der Waals surface area contributed by atoms with Crippen LogP contribution >= 0.6 is 0 Å². The molecule has 0 radical (unpaired) electrons. The van der Waals surface area contributed by atoms with Gasteiger partial charge in [-0.25, -0.2) is 0 Å². The second-order valence-electron chi connectivity index (χ2n) is 5.14. The molecule has 96 valence electrons. The van der Waals surface area contributed by atoms with Gasteiger partial charge in [0, 0.05) is 11.4 Å². The van der Waals surface area contributed by atoms with Crippen LogP contribution in [0.15, 0.2) is 54.3 Å². The average molecular weight is 241 g/mol. The summed E-state index contributed by atoms with van der Waals surface area (Å²) in [6.45, 7) is 4.44. The van der Waals surface area contributed by atoms with E-state index in [1.165, 1.54) is 30.6 Å². The molecule has 0 aromatic heterocycles. The third kappa shape index (κ3) is 3.49. The number of allylic oxidation sites excluding steroid dienone is 4. The molecular formula is C17H23N. The van der Waals surface area contributed by atoms with E-state index in [4.69, 9.17) is 0 Å². The van der Waals surface area contributed by atoms with Crippen molar-refractivity contribution in [2.24, 2.45) is 11.8 Å². The quantitative estimate of drug-likeness (QED) is 0.732. The van der Waals surface area contributed by atoms with E-state index in [0.717, 1.165) is 5.92 Å². The van der Waals surface area contributed by atoms with Crippen LogP contribution in [0.5, 0.6) is 0 Å². The summed E-state index contributed by atoms with van der Waals surface area (Å²) >= 11 is 0. The minimum atomic E-state index is 0.699. The van der Waals surface area contributed by atoms with Gasteiger partial charge in [0.2, 0.25) is 0 Å². The molecule has 2 atom stereocenters. The maximum atomic E-state index is 3.52. The first-order valence-electron chi connectivity index (χ1n) is 6.93. The van der Waals surface area contributed by atoms with Crippen molar-refractivity contribution in [3.05, 3.63) is 54.3 Å². The van der Waals surface area contributed by atoms with Crippen LogP contribution in [0.2, 0.25) is 0 Å². The number of hydrogen-bond acceptors (Lipinski definition) is 1. The van der Waals surface area contributed by atoms with E-state index in [1.54, 1.807) is 0 Å². The van der Waals surface area contributed by atoms with E-state index >= 15 is 0 Å². The van der Waals surface area contributed by atoms with Crippen LogP contribution in [0, 0.1) is 11.8 Å². The van der Waals surface area contributed by atoms with Gasteiger partial charge in [-0.05, 0) is 50.2 Å². The van der Waals surface area contributed by atoms with Crippen LogP contribution in [-0.4, -0.2) is 0 Å². The van der Waals surface area contributed by atoms with Crippen LogP contribution < -0.4 is 5.32 Å². The molecule has 0 fully saturated rings. The Labute approximate surface area is 111 Å². The van der Waals surface area contributed by atoms with Crippen LogP contribution in [-0.2, 0) is 0 Å². The second kappa shape index (κ2) is 6.44. The Morgan fingerprint density at radius 3 is 2.67 bits per heavy atom. The zero-order valence-electron chi connectivity index (χ0n) is 11.4. The fraction of sp³-hybridized carbons (Fsp3) is 0.412. The Morgan fingerprint density at radius 1 is 1.28 bits per heavy atom. The maximum Gasteiger partial charge on any atom is 0.0381 e. The predicted octanol–water partition coefficient (Wildman–Crippen LogP) is 4.99. The van der Waals surface area contributed by atoms with Crippen molar-refractivity contribution in [3.8, 4) is 0 Å². The first kappa shape index (κ1) is 12.9. The molecule has 1 aromatic carbocycles. The fourth-order valence-electron chi connectivity index (χ4n) is 2.61. The highest BCUT2D eigenvalue weighted by Crippen LogP contribution is 2.30. The summed E-state index contributed by atoms with van der Waals surface area (Å²) in [7, 11) is 0. The summed E-state index contributed by atoms with van der Waals surface area (Å²) in [6, 6.07) is 10.4. The number of anilines is 1. The van der Waals surface area contributed by atoms with Gasteiger partial charge in [-0.3, -0.25) is 0 Å². The Balaban J connectivity index is 1.91. The van der Waals surface area contributed by atoms with Crippen molar-refractivity contribution >= 4 is 5.69 Å². The highest BCUT2D eigenvalue weighted by atomic mass is 14.9. The summed E-state index contributed by atoms with van der Waals surface area (Å²) in [6.07, 6.45) is 10.5. The first-order valence-corrected chi connectivity index (χ1v) is 6.93. The lowest BCUT2D eigenvalue weighted by molar-refractivity contribution is 0.381. The first-order chi connectivity index (χ1) is 8.79. The number of benzene rings is 1. The number of nitrogens with one attached hydrogen (secondary N) is 1. The molecule has 1 nitrogen and oxygen atoms in total. The van der Waals surface area contributed by atoms with Crippen molar-refractivity contribution in [1.29, 1.82) is 0 Å². The topological polar surface area (TPSA) is 12.0 Å². The minimum Gasteiger partial charge on any atom is -0.359 e. The van der Waals surface area contributed by atoms with Crippen molar-refractivity contribution in [3.63, 3.8) is 0 Å². The highest BCUT2D eigenvalue weighted by molar-refractivity contribution is 5.48. The van der Waals surface area contributed by atoms with E-state index < -0.39 is 0 Å². The molecule has 0 amide bonds. The SMILES string of the molecule is CC=CC(C)C1CC=C(Nc2ccccc2)CC1. The summed E-state index contributed by atoms with van der Waals surface area (Å²) in [5.74, 6) is 1.51. The second-order valence-corrected chi connectivity index (χ2v) is 5.14. The summed E-state index contributed by atoms with van der Waals surface area (Å²) in [4.78, 5) is 0. The molecular weight excluding hydrogens is 218 g/mol. The Kier molecular flexibility index (Phi) is 4.63. The van der Waals surface area contributed by atoms with E-state index in [0.29, 0.717) is 5.92 Å². The molecule has 0 aliphatic heterocycles. The number of para-hydroxylation sites is 1. The molecule has 0 spiro atoms. The fourth-order valence-corrected chi connectivity index (χ4v) is 2.61. The van der Waals surface area contributed by atoms with Gasteiger partial charge in [-0.15, -0.1) is 0 Å². The van der Waals surface area contributed by atoms with Gasteiger partial charge >= 0.3 is 0 Å². The predicted molar refractivity (Wildman–Crippen MR) is 79.5 cm³/mol. The van der Waals surface area contributed by atoms with E-state index in [9.17, 15) is 0 Å². The summed E-state index contributed by atoms with van der Waals surface area (Å²) < 4.78 is 0. The highest BCUT2D eigenvalue weighted by Gasteiger charge is 2.18. The monoisotopic (exact) mass is 241 g/mol. The third-order valence-corrected chi connectivity index (χ3v) is 3.77. The lowest BCUT2D eigenvalue weighted by Crippen LogP contribution is -2.15. The lowest BCUT2D eigenvalue weighted by atomic mass is 9.83. The summed E-state index contributed by atoms with van der Waals surface area (Å²) in [5, 5.41) is 3.52. The lowest BCUT2D eigenvalue weighted by Gasteiger charge is -2.26. The largest absolute Gasteiger partial charge is 0.359 e. The molecule has 1 aromatic rings. The van der Waals surface area contributed by atoms with Gasteiger partial charge in [0.1, 0.15) is 0 Å². The standard InChI is InChI=1S/C17H23N/c1-3-7-14(2)15-10-12-17(13-11-15)18-16-8-5-4-6-9-16/h3-9,12,14-15,18H,10-11,13H2,1-2H3. The molecule has 0 heterocycles. The van der Waals surface area contributed by atoms with Crippen LogP contribution in [0.25, 0.3) is 0 Å². The number of hydrogen-bond donors (Lipinski definition) is 1. The van der Waals surface area contributed by atoms with Crippen molar-refractivity contribution in [2.75, 3.05) is 5.32 Å². The molecule has 2 rings (SSSR count). The molecule has 0 saturated heterocycles. The van der Waals surface area contributed by atoms with Gasteiger partial charge in [-0.2, -0.15) is 0 Å². The number of rotatable bonds is 4. The third-order valence-electron chi connectivity index (χ3n) is 3.77. The molecule has 18 heavy (non-hydrogen) atoms. The van der Waals surface area contributed by atoms with E-state index in [-0.39, 0.29) is 0 Å². The summed E-state index contributed by atoms with van der Waals surface area (Å²) in [5.41, 5.74) is 2.58. The van der Waals surface area contributed by atoms with Gasteiger partial charge in [0.05, 0.1) is 0 Å². The van der Waals surface area contributed by atoms with E-state index in [1.807, 2.05) is 0 Å². The maximum absolute atomic E-state index is 3.52. The average Bonchev–Trinajstić information content (AvgIpc) is 2.41. The van der Waals surface area contributed by atoms with Gasteiger partial charge < -0.3 is 5.32 Å². The minimum absolute atomic E-state index is 0.699. The molecule has 1 aliphatic carbocycles. The molecule has 1 N–H and O–H groups in total. The normalized spacial score (nSPS) is 21.7. The Hall–Kier alpha value is -1.50. The van der Waals surface area contributed by atoms with Gasteiger partial charge in [0.15, 0.2) is 0 Å². The van der Waals surface area contributed by atoms with Crippen molar-refractivity contribution < 1.29 is 0 Å². The zero-order valence-corrected chi connectivity index (χ0v) is 11.4. The van der Waals surface area contributed by atoms with Gasteiger partial charge in [0.25, 0.3) is 0 Å². The van der Waals surface area contributed by atoms with Gasteiger partial charge in [-0.1, -0.05) is 43.4 Å².